The highest BCUT2D eigenvalue weighted by Gasteiger charge is 2.32. The molecule has 2 aliphatic heterocycles. The minimum atomic E-state index is 0.0651. The van der Waals surface area contributed by atoms with Gasteiger partial charge in [-0.15, -0.1) is 0 Å². The van der Waals surface area contributed by atoms with Gasteiger partial charge in [-0.3, -0.25) is 9.69 Å². The number of amides is 1. The first-order valence-electron chi connectivity index (χ1n) is 7.33. The highest BCUT2D eigenvalue weighted by Crippen LogP contribution is 2.17. The van der Waals surface area contributed by atoms with Crippen LogP contribution in [0.3, 0.4) is 0 Å². The van der Waals surface area contributed by atoms with Crippen molar-refractivity contribution in [1.29, 1.82) is 0 Å². The van der Waals surface area contributed by atoms with E-state index < -0.39 is 0 Å². The lowest BCUT2D eigenvalue weighted by atomic mass is 10.1. The summed E-state index contributed by atoms with van der Waals surface area (Å²) in [6.45, 7) is 7.15. The highest BCUT2D eigenvalue weighted by molar-refractivity contribution is 5.82. The first-order valence-corrected chi connectivity index (χ1v) is 7.33. The van der Waals surface area contributed by atoms with Gasteiger partial charge in [0.1, 0.15) is 0 Å². The number of carbonyl (C=O) groups is 1. The van der Waals surface area contributed by atoms with Crippen molar-refractivity contribution in [3.05, 3.63) is 0 Å². The van der Waals surface area contributed by atoms with Crippen LogP contribution < -0.4 is 5.32 Å². The number of rotatable bonds is 1. The molecule has 0 spiro atoms. The molecule has 4 heteroatoms. The third-order valence-corrected chi connectivity index (χ3v) is 4.53. The molecule has 0 aliphatic carbocycles. The molecule has 2 saturated heterocycles. The SMILES string of the molecule is CC1CN(C(=O)C2CCCCCN2)CC(C)N1C. The lowest BCUT2D eigenvalue weighted by Gasteiger charge is -2.43. The Morgan fingerprint density at radius 2 is 1.78 bits per heavy atom. The molecule has 4 nitrogen and oxygen atoms in total. The smallest absolute Gasteiger partial charge is 0.239 e. The van der Waals surface area contributed by atoms with Gasteiger partial charge in [0.2, 0.25) is 5.91 Å². The van der Waals surface area contributed by atoms with E-state index in [0.29, 0.717) is 18.0 Å². The van der Waals surface area contributed by atoms with Gasteiger partial charge >= 0.3 is 0 Å². The van der Waals surface area contributed by atoms with Crippen LogP contribution in [0.4, 0.5) is 0 Å². The molecule has 18 heavy (non-hydrogen) atoms. The van der Waals surface area contributed by atoms with Crippen LogP contribution in [-0.4, -0.2) is 60.5 Å². The van der Waals surface area contributed by atoms with Crippen molar-refractivity contribution >= 4 is 5.91 Å². The first-order chi connectivity index (χ1) is 8.59. The second kappa shape index (κ2) is 6.02. The maximum Gasteiger partial charge on any atom is 0.239 e. The van der Waals surface area contributed by atoms with Crippen LogP contribution in [0.25, 0.3) is 0 Å². The average Bonchev–Trinajstić information content (AvgIpc) is 2.63. The summed E-state index contributed by atoms with van der Waals surface area (Å²) in [6.07, 6.45) is 4.65. The Balaban J connectivity index is 1.95. The Labute approximate surface area is 111 Å². The summed E-state index contributed by atoms with van der Waals surface area (Å²) >= 11 is 0. The third-order valence-electron chi connectivity index (χ3n) is 4.53. The predicted octanol–water partition coefficient (Wildman–Crippen LogP) is 1.07. The summed E-state index contributed by atoms with van der Waals surface area (Å²) in [5, 5.41) is 3.41. The molecule has 0 aromatic rings. The topological polar surface area (TPSA) is 35.6 Å². The number of piperazine rings is 1. The predicted molar refractivity (Wildman–Crippen MR) is 73.5 cm³/mol. The number of carbonyl (C=O) groups excluding carboxylic acids is 1. The fraction of sp³-hybridized carbons (Fsp3) is 0.929. The van der Waals surface area contributed by atoms with Crippen LogP contribution in [0, 0.1) is 0 Å². The molecular weight excluding hydrogens is 226 g/mol. The van der Waals surface area contributed by atoms with Gasteiger partial charge in [-0.25, -0.2) is 0 Å². The quantitative estimate of drug-likeness (QED) is 0.759. The van der Waals surface area contributed by atoms with Crippen molar-refractivity contribution in [2.75, 3.05) is 26.7 Å². The molecule has 2 aliphatic rings. The van der Waals surface area contributed by atoms with Gasteiger partial charge < -0.3 is 10.2 Å². The van der Waals surface area contributed by atoms with E-state index >= 15 is 0 Å². The van der Waals surface area contributed by atoms with E-state index in [-0.39, 0.29) is 6.04 Å². The molecule has 1 N–H and O–H groups in total. The van der Waals surface area contributed by atoms with E-state index in [0.717, 1.165) is 26.1 Å². The minimum Gasteiger partial charge on any atom is -0.338 e. The zero-order valence-corrected chi connectivity index (χ0v) is 12.0. The standard InChI is InChI=1S/C14H27N3O/c1-11-9-17(10-12(2)16(11)3)14(18)13-7-5-4-6-8-15-13/h11-13,15H,4-10H2,1-3H3. The Hall–Kier alpha value is -0.610. The minimum absolute atomic E-state index is 0.0651. The van der Waals surface area contributed by atoms with Gasteiger partial charge in [0, 0.05) is 25.2 Å². The van der Waals surface area contributed by atoms with Crippen molar-refractivity contribution in [3.63, 3.8) is 0 Å². The molecule has 2 fully saturated rings. The molecule has 0 radical (unpaired) electrons. The van der Waals surface area contributed by atoms with Crippen LogP contribution in [0.5, 0.6) is 0 Å². The largest absolute Gasteiger partial charge is 0.338 e. The van der Waals surface area contributed by atoms with Crippen LogP contribution in [0.15, 0.2) is 0 Å². The maximum atomic E-state index is 12.5. The third kappa shape index (κ3) is 3.04. The normalized spacial score (nSPS) is 35.3. The lowest BCUT2D eigenvalue weighted by molar-refractivity contribution is -0.137. The van der Waals surface area contributed by atoms with E-state index in [1.807, 2.05) is 0 Å². The van der Waals surface area contributed by atoms with Crippen molar-refractivity contribution in [2.24, 2.45) is 0 Å². The van der Waals surface area contributed by atoms with Gasteiger partial charge in [0.05, 0.1) is 6.04 Å². The van der Waals surface area contributed by atoms with E-state index in [2.05, 4.69) is 36.0 Å². The Kier molecular flexibility index (Phi) is 4.62. The zero-order valence-electron chi connectivity index (χ0n) is 12.0. The number of hydrogen-bond donors (Lipinski definition) is 1. The van der Waals surface area contributed by atoms with Crippen LogP contribution in [0.2, 0.25) is 0 Å². The summed E-state index contributed by atoms with van der Waals surface area (Å²) < 4.78 is 0. The highest BCUT2D eigenvalue weighted by atomic mass is 16.2. The fourth-order valence-electron chi connectivity index (χ4n) is 3.04. The monoisotopic (exact) mass is 253 g/mol. The molecule has 2 rings (SSSR count). The Morgan fingerprint density at radius 3 is 2.44 bits per heavy atom. The second-order valence-electron chi connectivity index (χ2n) is 5.96. The second-order valence-corrected chi connectivity index (χ2v) is 5.96. The summed E-state index contributed by atoms with van der Waals surface area (Å²) in [7, 11) is 2.15. The molecule has 104 valence electrons. The summed E-state index contributed by atoms with van der Waals surface area (Å²) in [4.78, 5) is 17.0. The average molecular weight is 253 g/mol. The number of likely N-dealkylation sites (N-methyl/N-ethyl adjacent to an activating group) is 1. The van der Waals surface area contributed by atoms with Crippen molar-refractivity contribution in [1.82, 2.24) is 15.1 Å². The Morgan fingerprint density at radius 1 is 1.11 bits per heavy atom. The summed E-state index contributed by atoms with van der Waals surface area (Å²) in [5.41, 5.74) is 0. The number of nitrogens with zero attached hydrogens (tertiary/aromatic N) is 2. The molecule has 0 aromatic heterocycles. The van der Waals surface area contributed by atoms with Gasteiger partial charge in [-0.1, -0.05) is 12.8 Å². The molecule has 0 bridgehead atoms. The summed E-state index contributed by atoms with van der Waals surface area (Å²) in [6, 6.07) is 0.988. The van der Waals surface area contributed by atoms with E-state index in [1.54, 1.807) is 0 Å². The molecule has 2 heterocycles. The van der Waals surface area contributed by atoms with Crippen molar-refractivity contribution in [3.8, 4) is 0 Å². The van der Waals surface area contributed by atoms with Crippen molar-refractivity contribution < 1.29 is 4.79 Å². The van der Waals surface area contributed by atoms with Gasteiger partial charge in [-0.2, -0.15) is 0 Å². The van der Waals surface area contributed by atoms with Crippen LogP contribution in [0.1, 0.15) is 39.5 Å². The molecule has 0 saturated carbocycles. The van der Waals surface area contributed by atoms with E-state index in [1.165, 1.54) is 19.3 Å². The lowest BCUT2D eigenvalue weighted by Crippen LogP contribution is -2.59. The Bertz CT molecular complexity index is 275. The molecule has 1 amide bonds. The van der Waals surface area contributed by atoms with E-state index in [4.69, 9.17) is 0 Å². The molecule has 0 aromatic carbocycles. The molecule has 3 unspecified atom stereocenters. The van der Waals surface area contributed by atoms with Gasteiger partial charge in [0.25, 0.3) is 0 Å². The van der Waals surface area contributed by atoms with Gasteiger partial charge in [0.15, 0.2) is 0 Å². The van der Waals surface area contributed by atoms with E-state index in [9.17, 15) is 4.79 Å². The summed E-state index contributed by atoms with van der Waals surface area (Å²) in [5.74, 6) is 0.323. The molecular formula is C14H27N3O. The maximum absolute atomic E-state index is 12.5. The zero-order chi connectivity index (χ0) is 13.1. The first kappa shape index (κ1) is 13.8. The van der Waals surface area contributed by atoms with Crippen molar-refractivity contribution in [2.45, 2.75) is 57.7 Å². The number of hydrogen-bond acceptors (Lipinski definition) is 3. The fourth-order valence-corrected chi connectivity index (χ4v) is 3.04. The van der Waals surface area contributed by atoms with Crippen LogP contribution in [-0.2, 0) is 4.79 Å². The van der Waals surface area contributed by atoms with Gasteiger partial charge in [-0.05, 0) is 40.3 Å². The van der Waals surface area contributed by atoms with Crippen LogP contribution >= 0.6 is 0 Å². The number of nitrogens with one attached hydrogen (secondary N) is 1. The molecule has 3 atom stereocenters.